The zero-order valence-corrected chi connectivity index (χ0v) is 20.6. The van der Waals surface area contributed by atoms with Crippen LogP contribution in [-0.4, -0.2) is 18.5 Å². The van der Waals surface area contributed by atoms with Crippen LogP contribution in [0.25, 0.3) is 21.0 Å². The van der Waals surface area contributed by atoms with Crippen molar-refractivity contribution in [2.45, 2.75) is 14.1 Å². The molecule has 5 rings (SSSR count). The second kappa shape index (κ2) is 8.70. The Morgan fingerprint density at radius 2 is 1.67 bits per heavy atom. The van der Waals surface area contributed by atoms with Crippen LogP contribution in [0.15, 0.2) is 86.9 Å². The third kappa shape index (κ3) is 4.37. The fourth-order valence-corrected chi connectivity index (χ4v) is 7.32. The Balaban J connectivity index is 1.61. The number of sulfonamides is 1. The molecule has 0 fully saturated rings. The third-order valence-corrected chi connectivity index (χ3v) is 9.09. The van der Waals surface area contributed by atoms with Crippen molar-refractivity contribution < 1.29 is 13.5 Å². The summed E-state index contributed by atoms with van der Waals surface area (Å²) in [6, 6.07) is 20.6. The number of hydrogen-bond acceptors (Lipinski definition) is 6. The molecule has 10 heteroatoms. The maximum Gasteiger partial charge on any atom is 0.263 e. The normalized spacial score (nSPS) is 11.8. The molecule has 166 valence electrons. The lowest BCUT2D eigenvalue weighted by Crippen LogP contribution is -2.14. The highest BCUT2D eigenvalue weighted by Gasteiger charge is 2.22. The molecule has 0 aliphatic carbocycles. The van der Waals surface area contributed by atoms with Crippen LogP contribution in [0.5, 0.6) is 5.75 Å². The first kappa shape index (κ1) is 22.3. The lowest BCUT2D eigenvalue weighted by molar-refractivity contribution is 0.469. The van der Waals surface area contributed by atoms with Gasteiger partial charge in [0.25, 0.3) is 10.0 Å². The summed E-state index contributed by atoms with van der Waals surface area (Å²) in [5, 5.41) is 12.3. The van der Waals surface area contributed by atoms with Gasteiger partial charge in [0.15, 0.2) is 4.34 Å². The van der Waals surface area contributed by atoms with E-state index in [1.807, 2.05) is 24.3 Å². The SMILES string of the molecule is O=S(=O)(Nc1cc(Sc2nc3ccccc3s2)c(O)c2ccccc12)c1cc(Cl)ccc1Cl. The van der Waals surface area contributed by atoms with Crippen LogP contribution in [0.2, 0.25) is 10.0 Å². The minimum absolute atomic E-state index is 0.0543. The van der Waals surface area contributed by atoms with Gasteiger partial charge in [0.1, 0.15) is 10.6 Å². The number of phenols is 1. The maximum absolute atomic E-state index is 13.2. The molecule has 0 radical (unpaired) electrons. The van der Waals surface area contributed by atoms with Gasteiger partial charge < -0.3 is 5.11 Å². The molecule has 0 bridgehead atoms. The van der Waals surface area contributed by atoms with Crippen molar-refractivity contribution in [1.29, 1.82) is 0 Å². The largest absolute Gasteiger partial charge is 0.506 e. The molecular weight excluding hydrogens is 519 g/mol. The van der Waals surface area contributed by atoms with E-state index >= 15 is 0 Å². The molecule has 2 N–H and O–H groups in total. The molecule has 1 heterocycles. The van der Waals surface area contributed by atoms with Gasteiger partial charge in [-0.1, -0.05) is 71.4 Å². The molecule has 0 saturated carbocycles. The molecule has 5 aromatic rings. The molecule has 1 aromatic heterocycles. The smallest absolute Gasteiger partial charge is 0.263 e. The molecule has 0 aliphatic rings. The summed E-state index contributed by atoms with van der Waals surface area (Å²) in [6.45, 7) is 0. The summed E-state index contributed by atoms with van der Waals surface area (Å²) in [5.41, 5.74) is 1.17. The van der Waals surface area contributed by atoms with Crippen LogP contribution in [0.3, 0.4) is 0 Å². The molecule has 0 aliphatic heterocycles. The number of nitrogens with zero attached hydrogens (tertiary/aromatic N) is 1. The number of rotatable bonds is 5. The second-order valence-corrected chi connectivity index (χ2v) is 11.9. The van der Waals surface area contributed by atoms with Crippen molar-refractivity contribution in [2.75, 3.05) is 4.72 Å². The standard InChI is InChI=1S/C23H14Cl2N2O3S3/c24-13-9-10-16(25)21(11-13)33(29,30)27-18-12-20(22(28)15-6-2-1-5-14(15)18)32-23-26-17-7-3-4-8-19(17)31-23/h1-12,27-28H. The van der Waals surface area contributed by atoms with E-state index in [1.54, 1.807) is 30.3 Å². The molecule has 33 heavy (non-hydrogen) atoms. The van der Waals surface area contributed by atoms with E-state index in [9.17, 15) is 13.5 Å². The Labute approximate surface area is 208 Å². The Morgan fingerprint density at radius 1 is 0.939 bits per heavy atom. The van der Waals surface area contributed by atoms with Gasteiger partial charge in [0.2, 0.25) is 0 Å². The zero-order valence-electron chi connectivity index (χ0n) is 16.6. The van der Waals surface area contributed by atoms with E-state index in [2.05, 4.69) is 9.71 Å². The number of aromatic nitrogens is 1. The zero-order chi connectivity index (χ0) is 23.2. The predicted octanol–water partition coefficient (Wildman–Crippen LogP) is 7.41. The molecule has 0 atom stereocenters. The monoisotopic (exact) mass is 532 g/mol. The van der Waals surface area contributed by atoms with Crippen molar-refractivity contribution in [2.24, 2.45) is 0 Å². The van der Waals surface area contributed by atoms with Crippen LogP contribution in [0.4, 0.5) is 5.69 Å². The van der Waals surface area contributed by atoms with E-state index in [1.165, 1.54) is 41.3 Å². The minimum Gasteiger partial charge on any atom is -0.506 e. The van der Waals surface area contributed by atoms with Gasteiger partial charge in [0, 0.05) is 15.8 Å². The highest BCUT2D eigenvalue weighted by Crippen LogP contribution is 2.44. The van der Waals surface area contributed by atoms with Gasteiger partial charge in [0.05, 0.1) is 25.8 Å². The summed E-state index contributed by atoms with van der Waals surface area (Å²) >= 11 is 14.9. The molecule has 0 spiro atoms. The summed E-state index contributed by atoms with van der Waals surface area (Å²) in [6.07, 6.45) is 0. The minimum atomic E-state index is -4.05. The van der Waals surface area contributed by atoms with E-state index in [4.69, 9.17) is 23.2 Å². The van der Waals surface area contributed by atoms with Crippen molar-refractivity contribution in [3.05, 3.63) is 82.8 Å². The highest BCUT2D eigenvalue weighted by molar-refractivity contribution is 8.01. The molecule has 5 nitrogen and oxygen atoms in total. The van der Waals surface area contributed by atoms with Crippen LogP contribution < -0.4 is 4.72 Å². The summed E-state index contributed by atoms with van der Waals surface area (Å²) in [5.74, 6) is 0.0543. The van der Waals surface area contributed by atoms with Crippen molar-refractivity contribution in [1.82, 2.24) is 4.98 Å². The van der Waals surface area contributed by atoms with Crippen LogP contribution >= 0.6 is 46.3 Å². The molecular formula is C23H14Cl2N2O3S3. The van der Waals surface area contributed by atoms with Gasteiger partial charge >= 0.3 is 0 Å². The molecule has 0 unspecified atom stereocenters. The number of anilines is 1. The van der Waals surface area contributed by atoms with Crippen LogP contribution in [-0.2, 0) is 10.0 Å². The summed E-state index contributed by atoms with van der Waals surface area (Å²) < 4.78 is 30.7. The lowest BCUT2D eigenvalue weighted by atomic mass is 10.1. The number of fused-ring (bicyclic) bond motifs is 2. The third-order valence-electron chi connectivity index (χ3n) is 4.88. The summed E-state index contributed by atoms with van der Waals surface area (Å²) in [4.78, 5) is 4.95. The average molecular weight is 533 g/mol. The highest BCUT2D eigenvalue weighted by atomic mass is 35.5. The predicted molar refractivity (Wildman–Crippen MR) is 137 cm³/mol. The average Bonchev–Trinajstić information content (AvgIpc) is 3.21. The number of para-hydroxylation sites is 1. The maximum atomic E-state index is 13.2. The molecule has 0 saturated heterocycles. The first-order valence-corrected chi connectivity index (χ1v) is 13.4. The summed E-state index contributed by atoms with van der Waals surface area (Å²) in [7, 11) is -4.05. The van der Waals surface area contributed by atoms with Gasteiger partial charge in [-0.25, -0.2) is 13.4 Å². The lowest BCUT2D eigenvalue weighted by Gasteiger charge is -2.15. The van der Waals surface area contributed by atoms with Gasteiger partial charge in [-0.2, -0.15) is 0 Å². The van der Waals surface area contributed by atoms with Gasteiger partial charge in [-0.15, -0.1) is 11.3 Å². The van der Waals surface area contributed by atoms with Crippen LogP contribution in [0, 0.1) is 0 Å². The molecule has 4 aromatic carbocycles. The first-order chi connectivity index (χ1) is 15.8. The Bertz CT molecular complexity index is 1600. The fourth-order valence-electron chi connectivity index (χ4n) is 3.37. The van der Waals surface area contributed by atoms with E-state index in [0.29, 0.717) is 21.4 Å². The Hall–Kier alpha value is -2.49. The Kier molecular flexibility index (Phi) is 5.88. The molecule has 0 amide bonds. The number of aromatic hydroxyl groups is 1. The quantitative estimate of drug-likeness (QED) is 0.230. The van der Waals surface area contributed by atoms with Crippen LogP contribution in [0.1, 0.15) is 0 Å². The van der Waals surface area contributed by atoms with Crippen molar-refractivity contribution >= 4 is 83.0 Å². The number of thiazole rings is 1. The van der Waals surface area contributed by atoms with Crippen molar-refractivity contribution in [3.63, 3.8) is 0 Å². The number of hydrogen-bond donors (Lipinski definition) is 2. The van der Waals surface area contributed by atoms with E-state index < -0.39 is 10.0 Å². The van der Waals surface area contributed by atoms with E-state index in [-0.39, 0.29) is 20.7 Å². The first-order valence-electron chi connectivity index (χ1n) is 9.58. The van der Waals surface area contributed by atoms with Gasteiger partial charge in [-0.3, -0.25) is 4.72 Å². The number of nitrogens with one attached hydrogen (secondary N) is 1. The Morgan fingerprint density at radius 3 is 2.45 bits per heavy atom. The number of phenolic OH excluding ortho intramolecular Hbond substituents is 1. The van der Waals surface area contributed by atoms with Crippen molar-refractivity contribution in [3.8, 4) is 5.75 Å². The number of halogens is 2. The number of benzene rings is 4. The second-order valence-electron chi connectivity index (χ2n) is 7.05. The topological polar surface area (TPSA) is 79.3 Å². The fraction of sp³-hybridized carbons (Fsp3) is 0. The van der Waals surface area contributed by atoms with Gasteiger partial charge in [-0.05, 0) is 36.4 Å². The van der Waals surface area contributed by atoms with E-state index in [0.717, 1.165) is 14.6 Å².